The molecular formula is C24H27O7P. The van der Waals surface area contributed by atoms with Gasteiger partial charge in [0.1, 0.15) is 0 Å². The van der Waals surface area contributed by atoms with Crippen molar-refractivity contribution >= 4 is 19.5 Å². The molecule has 0 radical (unpaired) electrons. The van der Waals surface area contributed by atoms with Gasteiger partial charge in [-0.1, -0.05) is 50.8 Å². The number of carbonyl (C=O) groups excluding carboxylic acids is 2. The Balaban J connectivity index is 2.36. The van der Waals surface area contributed by atoms with Gasteiger partial charge in [0.15, 0.2) is 23.0 Å². The Kier molecular flexibility index (Phi) is 8.85. The Bertz CT molecular complexity index is 980. The van der Waals surface area contributed by atoms with Gasteiger partial charge in [0, 0.05) is 11.1 Å². The minimum Gasteiger partial charge on any atom is -0.419 e. The third-order valence-electron chi connectivity index (χ3n) is 4.06. The van der Waals surface area contributed by atoms with E-state index in [9.17, 15) is 14.2 Å². The lowest BCUT2D eigenvalue weighted by atomic mass is 10.3. The van der Waals surface area contributed by atoms with E-state index < -0.39 is 19.5 Å². The predicted molar refractivity (Wildman–Crippen MR) is 122 cm³/mol. The minimum atomic E-state index is -3.80. The van der Waals surface area contributed by atoms with Crippen LogP contribution in [0.1, 0.15) is 33.6 Å². The number of unbranched alkanes of at least 4 members (excludes halogenated alkanes) is 1. The molecule has 2 aromatic rings. The molecule has 0 unspecified atom stereocenters. The molecule has 0 spiro atoms. The fourth-order valence-corrected chi connectivity index (χ4v) is 4.18. The van der Waals surface area contributed by atoms with Crippen LogP contribution in [0.4, 0.5) is 0 Å². The standard InChI is InChI=1S/C24H27O7P/c1-6-7-16-32(27,30-21-14-10-8-12-19(21)28-23(25)17(2)3)31-22-15-11-9-13-20(22)29-24(26)18(4)5/h8-15H,2,4,6-7,16H2,1,3,5H3. The van der Waals surface area contributed by atoms with Crippen molar-refractivity contribution in [1.82, 2.24) is 0 Å². The van der Waals surface area contributed by atoms with E-state index in [1.54, 1.807) is 24.3 Å². The maximum absolute atomic E-state index is 13.7. The highest BCUT2D eigenvalue weighted by Gasteiger charge is 2.30. The van der Waals surface area contributed by atoms with E-state index in [1.807, 2.05) is 6.92 Å². The number of hydrogen-bond acceptors (Lipinski definition) is 7. The number of ether oxygens (including phenoxy) is 2. The van der Waals surface area contributed by atoms with Crippen LogP contribution in [-0.4, -0.2) is 18.1 Å². The first-order chi connectivity index (χ1) is 15.1. The summed E-state index contributed by atoms with van der Waals surface area (Å²) in [7, 11) is -3.80. The molecule has 2 aromatic carbocycles. The maximum atomic E-state index is 13.7. The van der Waals surface area contributed by atoms with Crippen LogP contribution in [0.15, 0.2) is 72.8 Å². The third-order valence-corrected chi connectivity index (χ3v) is 5.87. The number of rotatable bonds is 11. The van der Waals surface area contributed by atoms with Gasteiger partial charge in [-0.05, 0) is 44.5 Å². The molecule has 0 fully saturated rings. The van der Waals surface area contributed by atoms with Crippen molar-refractivity contribution in [2.24, 2.45) is 0 Å². The highest BCUT2D eigenvalue weighted by atomic mass is 31.2. The summed E-state index contributed by atoms with van der Waals surface area (Å²) in [6.07, 6.45) is 1.39. The first-order valence-electron chi connectivity index (χ1n) is 10.1. The molecule has 0 aliphatic heterocycles. The Hall–Kier alpha value is -3.31. The Morgan fingerprint density at radius 1 is 0.781 bits per heavy atom. The normalized spacial score (nSPS) is 10.7. The molecule has 2 rings (SSSR count). The molecule has 7 nitrogen and oxygen atoms in total. The van der Waals surface area contributed by atoms with Crippen molar-refractivity contribution < 1.29 is 32.7 Å². The average molecular weight is 458 g/mol. The monoisotopic (exact) mass is 458 g/mol. The Morgan fingerprint density at radius 2 is 1.16 bits per heavy atom. The predicted octanol–water partition coefficient (Wildman–Crippen LogP) is 6.10. The summed E-state index contributed by atoms with van der Waals surface area (Å²) in [6.45, 7) is 12.1. The van der Waals surface area contributed by atoms with Gasteiger partial charge in [-0.3, -0.25) is 0 Å². The molecule has 0 atom stereocenters. The number of esters is 2. The SMILES string of the molecule is C=C(C)C(=O)Oc1ccccc1OP(=O)(CCCC)Oc1ccccc1OC(=O)C(=C)C. The third kappa shape index (κ3) is 7.13. The fraction of sp³-hybridized carbons (Fsp3) is 0.250. The summed E-state index contributed by atoms with van der Waals surface area (Å²) in [5.41, 5.74) is 0.414. The van der Waals surface area contributed by atoms with Crippen molar-refractivity contribution in [2.45, 2.75) is 33.6 Å². The lowest BCUT2D eigenvalue weighted by molar-refractivity contribution is -0.131. The van der Waals surface area contributed by atoms with Gasteiger partial charge >= 0.3 is 19.5 Å². The lowest BCUT2D eigenvalue weighted by Crippen LogP contribution is -2.12. The number of carbonyl (C=O) groups is 2. The maximum Gasteiger partial charge on any atom is 0.430 e. The van der Waals surface area contributed by atoms with Crippen LogP contribution in [0.5, 0.6) is 23.0 Å². The van der Waals surface area contributed by atoms with E-state index >= 15 is 0 Å². The van der Waals surface area contributed by atoms with Gasteiger partial charge in [-0.2, -0.15) is 0 Å². The van der Waals surface area contributed by atoms with Crippen LogP contribution >= 0.6 is 7.60 Å². The zero-order valence-corrected chi connectivity index (χ0v) is 19.4. The Morgan fingerprint density at radius 3 is 1.50 bits per heavy atom. The largest absolute Gasteiger partial charge is 0.430 e. The van der Waals surface area contributed by atoms with Crippen molar-refractivity contribution in [1.29, 1.82) is 0 Å². The van der Waals surface area contributed by atoms with Gasteiger partial charge < -0.3 is 18.5 Å². The summed E-state index contributed by atoms with van der Waals surface area (Å²) in [4.78, 5) is 23.9. The van der Waals surface area contributed by atoms with Crippen LogP contribution in [0.2, 0.25) is 0 Å². The van der Waals surface area contributed by atoms with Crippen molar-refractivity contribution in [2.75, 3.05) is 6.16 Å². The first-order valence-corrected chi connectivity index (χ1v) is 11.8. The average Bonchev–Trinajstić information content (AvgIpc) is 2.75. The van der Waals surface area contributed by atoms with Gasteiger partial charge in [0.25, 0.3) is 0 Å². The summed E-state index contributed by atoms with van der Waals surface area (Å²) in [5.74, 6) is -0.939. The summed E-state index contributed by atoms with van der Waals surface area (Å²) >= 11 is 0. The van der Waals surface area contributed by atoms with Gasteiger partial charge in [-0.25, -0.2) is 14.2 Å². The van der Waals surface area contributed by atoms with E-state index in [0.29, 0.717) is 6.42 Å². The highest BCUT2D eigenvalue weighted by Crippen LogP contribution is 2.52. The molecule has 0 heterocycles. The molecule has 0 bridgehead atoms. The molecular weight excluding hydrogens is 431 g/mol. The quantitative estimate of drug-likeness (QED) is 0.174. The van der Waals surface area contributed by atoms with Gasteiger partial charge in [0.2, 0.25) is 0 Å². The van der Waals surface area contributed by atoms with Crippen LogP contribution in [0.3, 0.4) is 0 Å². The molecule has 170 valence electrons. The van der Waals surface area contributed by atoms with E-state index in [2.05, 4.69) is 13.2 Å². The van der Waals surface area contributed by atoms with Gasteiger partial charge in [-0.15, -0.1) is 0 Å². The molecule has 32 heavy (non-hydrogen) atoms. The van der Waals surface area contributed by atoms with Crippen molar-refractivity contribution in [3.63, 3.8) is 0 Å². The van der Waals surface area contributed by atoms with Crippen LogP contribution in [0.25, 0.3) is 0 Å². The smallest absolute Gasteiger partial charge is 0.419 e. The first kappa shape index (κ1) is 25.0. The van der Waals surface area contributed by atoms with Crippen LogP contribution in [0, 0.1) is 0 Å². The summed E-state index contributed by atoms with van der Waals surface area (Å²) in [6, 6.07) is 12.7. The molecule has 0 N–H and O–H groups in total. The molecule has 0 aliphatic rings. The fourth-order valence-electron chi connectivity index (χ4n) is 2.36. The van der Waals surface area contributed by atoms with Crippen molar-refractivity contribution in [3.8, 4) is 23.0 Å². The lowest BCUT2D eigenvalue weighted by Gasteiger charge is -2.22. The Labute approximate surface area is 188 Å². The summed E-state index contributed by atoms with van der Waals surface area (Å²) in [5, 5.41) is 0. The topological polar surface area (TPSA) is 88.1 Å². The van der Waals surface area contributed by atoms with Crippen LogP contribution in [-0.2, 0) is 14.2 Å². The minimum absolute atomic E-state index is 0.0814. The molecule has 0 saturated heterocycles. The molecule has 0 aromatic heterocycles. The van der Waals surface area contributed by atoms with E-state index in [0.717, 1.165) is 6.42 Å². The van der Waals surface area contributed by atoms with E-state index in [-0.39, 0.29) is 40.3 Å². The second kappa shape index (κ2) is 11.3. The number of para-hydroxylation sites is 4. The molecule has 0 aliphatic carbocycles. The van der Waals surface area contributed by atoms with Crippen LogP contribution < -0.4 is 18.5 Å². The van der Waals surface area contributed by atoms with E-state index in [4.69, 9.17) is 18.5 Å². The summed E-state index contributed by atoms with van der Waals surface area (Å²) < 4.78 is 35.9. The number of benzene rings is 2. The van der Waals surface area contributed by atoms with E-state index in [1.165, 1.54) is 38.1 Å². The second-order valence-corrected chi connectivity index (χ2v) is 9.14. The molecule has 0 saturated carbocycles. The highest BCUT2D eigenvalue weighted by molar-refractivity contribution is 7.54. The molecule has 0 amide bonds. The van der Waals surface area contributed by atoms with Gasteiger partial charge in [0.05, 0.1) is 6.16 Å². The molecule has 8 heteroatoms. The number of hydrogen-bond donors (Lipinski definition) is 0. The zero-order valence-electron chi connectivity index (χ0n) is 18.5. The second-order valence-electron chi connectivity index (χ2n) is 7.10. The van der Waals surface area contributed by atoms with Crippen molar-refractivity contribution in [3.05, 3.63) is 72.8 Å². The zero-order chi connectivity index (χ0) is 23.7.